The summed E-state index contributed by atoms with van der Waals surface area (Å²) in [6, 6.07) is 15.0. The van der Waals surface area contributed by atoms with Crippen molar-refractivity contribution in [2.75, 3.05) is 36.4 Å². The first-order valence-electron chi connectivity index (χ1n) is 10.3. The van der Waals surface area contributed by atoms with Crippen LogP contribution < -0.4 is 15.5 Å². The van der Waals surface area contributed by atoms with Crippen molar-refractivity contribution in [2.45, 2.75) is 20.3 Å². The molecule has 0 atom stereocenters. The number of carbonyl (C=O) groups is 2. The lowest BCUT2D eigenvalue weighted by molar-refractivity contribution is -0.134. The number of carbonyl (C=O) groups excluding carboxylic acids is 2. The molecule has 1 aliphatic rings. The summed E-state index contributed by atoms with van der Waals surface area (Å²) in [4.78, 5) is 28.7. The maximum Gasteiger partial charge on any atom is 0.230 e. The van der Waals surface area contributed by atoms with Gasteiger partial charge in [0, 0.05) is 37.1 Å². The molecule has 2 N–H and O–H groups in total. The van der Waals surface area contributed by atoms with Gasteiger partial charge in [-0.2, -0.15) is 0 Å². The highest BCUT2D eigenvalue weighted by molar-refractivity contribution is 7.80. The maximum absolute atomic E-state index is 12.3. The van der Waals surface area contributed by atoms with Gasteiger partial charge in [0.15, 0.2) is 5.11 Å². The second-order valence-corrected chi connectivity index (χ2v) is 8.63. The Kier molecular flexibility index (Phi) is 7.87. The first-order chi connectivity index (χ1) is 14.8. The molecule has 0 unspecified atom stereocenters. The van der Waals surface area contributed by atoms with E-state index in [1.807, 2.05) is 55.1 Å². The first kappa shape index (κ1) is 23.0. The smallest absolute Gasteiger partial charge is 0.230 e. The third-order valence-electron chi connectivity index (χ3n) is 5.11. The van der Waals surface area contributed by atoms with Crippen LogP contribution in [0.4, 0.5) is 11.4 Å². The molecule has 2 amide bonds. The molecule has 2 aromatic carbocycles. The summed E-state index contributed by atoms with van der Waals surface area (Å²) in [5, 5.41) is 6.76. The van der Waals surface area contributed by atoms with E-state index in [2.05, 4.69) is 15.5 Å². The number of thiocarbonyl (C=S) groups is 1. The number of para-hydroxylation sites is 2. The molecule has 2 aromatic rings. The molecule has 0 aromatic heterocycles. The van der Waals surface area contributed by atoms with Crippen LogP contribution in [0.25, 0.3) is 0 Å². The van der Waals surface area contributed by atoms with Gasteiger partial charge in [-0.05, 0) is 42.0 Å². The highest BCUT2D eigenvalue weighted by atomic mass is 35.5. The van der Waals surface area contributed by atoms with Crippen LogP contribution in [0.3, 0.4) is 0 Å². The van der Waals surface area contributed by atoms with Gasteiger partial charge in [-0.15, -0.1) is 0 Å². The second-order valence-electron chi connectivity index (χ2n) is 7.79. The number of hydrogen-bond donors (Lipinski definition) is 2. The van der Waals surface area contributed by atoms with Gasteiger partial charge in [0.2, 0.25) is 11.8 Å². The van der Waals surface area contributed by atoms with E-state index < -0.39 is 0 Å². The van der Waals surface area contributed by atoms with Crippen LogP contribution in [0.1, 0.15) is 19.4 Å². The SMILES string of the molecule is CC(C)C(=O)N1CCN(c2ccccc2NC(=S)NC(=O)Cc2ccc(Cl)cc2)CC1. The highest BCUT2D eigenvalue weighted by Gasteiger charge is 2.24. The number of piperazine rings is 1. The third-order valence-corrected chi connectivity index (χ3v) is 5.57. The number of nitrogens with one attached hydrogen (secondary N) is 2. The van der Waals surface area contributed by atoms with E-state index in [0.29, 0.717) is 18.1 Å². The van der Waals surface area contributed by atoms with Gasteiger partial charge in [0.05, 0.1) is 17.8 Å². The van der Waals surface area contributed by atoms with Crippen molar-refractivity contribution < 1.29 is 9.59 Å². The van der Waals surface area contributed by atoms with Crippen molar-refractivity contribution >= 4 is 52.1 Å². The molecule has 0 spiro atoms. The Morgan fingerprint density at radius 3 is 2.32 bits per heavy atom. The molecular weight excluding hydrogens is 432 g/mol. The van der Waals surface area contributed by atoms with E-state index in [-0.39, 0.29) is 29.3 Å². The summed E-state index contributed by atoms with van der Waals surface area (Å²) >= 11 is 11.2. The summed E-state index contributed by atoms with van der Waals surface area (Å²) in [6.45, 7) is 6.72. The molecule has 0 bridgehead atoms. The monoisotopic (exact) mass is 458 g/mol. The highest BCUT2D eigenvalue weighted by Crippen LogP contribution is 2.27. The molecule has 6 nitrogen and oxygen atoms in total. The fourth-order valence-electron chi connectivity index (χ4n) is 3.50. The summed E-state index contributed by atoms with van der Waals surface area (Å²) in [7, 11) is 0. The van der Waals surface area contributed by atoms with Gasteiger partial charge in [-0.1, -0.05) is 49.7 Å². The average molecular weight is 459 g/mol. The molecule has 164 valence electrons. The topological polar surface area (TPSA) is 64.7 Å². The largest absolute Gasteiger partial charge is 0.366 e. The van der Waals surface area contributed by atoms with Crippen LogP contribution in [-0.2, 0) is 16.0 Å². The zero-order chi connectivity index (χ0) is 22.4. The zero-order valence-electron chi connectivity index (χ0n) is 17.7. The Morgan fingerprint density at radius 1 is 1.03 bits per heavy atom. The fourth-order valence-corrected chi connectivity index (χ4v) is 3.85. The summed E-state index contributed by atoms with van der Waals surface area (Å²) in [5.74, 6) is 0.00288. The lowest BCUT2D eigenvalue weighted by atomic mass is 10.1. The molecule has 3 rings (SSSR count). The van der Waals surface area contributed by atoms with Crippen molar-refractivity contribution in [3.05, 3.63) is 59.1 Å². The van der Waals surface area contributed by atoms with Crippen molar-refractivity contribution in [1.82, 2.24) is 10.2 Å². The minimum absolute atomic E-state index is 0.00867. The van der Waals surface area contributed by atoms with Gasteiger partial charge in [-0.25, -0.2) is 0 Å². The van der Waals surface area contributed by atoms with Crippen LogP contribution in [0, 0.1) is 5.92 Å². The summed E-state index contributed by atoms with van der Waals surface area (Å²) < 4.78 is 0. The van der Waals surface area contributed by atoms with Crippen molar-refractivity contribution in [3.63, 3.8) is 0 Å². The van der Waals surface area contributed by atoms with Gasteiger partial charge < -0.3 is 20.4 Å². The molecule has 0 saturated carbocycles. The number of anilines is 2. The van der Waals surface area contributed by atoms with E-state index in [1.165, 1.54) is 0 Å². The van der Waals surface area contributed by atoms with Gasteiger partial charge in [0.25, 0.3) is 0 Å². The van der Waals surface area contributed by atoms with Gasteiger partial charge in [-0.3, -0.25) is 9.59 Å². The fraction of sp³-hybridized carbons (Fsp3) is 0.348. The molecular formula is C23H27ClN4O2S. The van der Waals surface area contributed by atoms with Gasteiger partial charge >= 0.3 is 0 Å². The average Bonchev–Trinajstić information content (AvgIpc) is 2.75. The number of amides is 2. The van der Waals surface area contributed by atoms with Crippen LogP contribution >= 0.6 is 23.8 Å². The number of benzene rings is 2. The first-order valence-corrected chi connectivity index (χ1v) is 11.1. The number of nitrogens with zero attached hydrogens (tertiary/aromatic N) is 2. The number of halogens is 1. The number of rotatable bonds is 5. The predicted octanol–water partition coefficient (Wildman–Crippen LogP) is 3.70. The summed E-state index contributed by atoms with van der Waals surface area (Å²) in [6.07, 6.45) is 0.215. The third kappa shape index (κ3) is 6.42. The minimum Gasteiger partial charge on any atom is -0.366 e. The Bertz CT molecular complexity index is 941. The summed E-state index contributed by atoms with van der Waals surface area (Å²) in [5.41, 5.74) is 2.68. The Hall–Kier alpha value is -2.64. The van der Waals surface area contributed by atoms with Gasteiger partial charge in [0.1, 0.15) is 0 Å². The lowest BCUT2D eigenvalue weighted by Gasteiger charge is -2.37. The lowest BCUT2D eigenvalue weighted by Crippen LogP contribution is -2.50. The van der Waals surface area contributed by atoms with Crippen LogP contribution in [-0.4, -0.2) is 48.0 Å². The van der Waals surface area contributed by atoms with Crippen LogP contribution in [0.15, 0.2) is 48.5 Å². The van der Waals surface area contributed by atoms with E-state index in [0.717, 1.165) is 30.0 Å². The zero-order valence-corrected chi connectivity index (χ0v) is 19.3. The van der Waals surface area contributed by atoms with Crippen LogP contribution in [0.5, 0.6) is 0 Å². The van der Waals surface area contributed by atoms with Crippen molar-refractivity contribution in [1.29, 1.82) is 0 Å². The van der Waals surface area contributed by atoms with E-state index in [9.17, 15) is 9.59 Å². The molecule has 1 fully saturated rings. The Morgan fingerprint density at radius 2 is 1.68 bits per heavy atom. The molecule has 31 heavy (non-hydrogen) atoms. The Balaban J connectivity index is 1.58. The van der Waals surface area contributed by atoms with Crippen molar-refractivity contribution in [2.24, 2.45) is 5.92 Å². The molecule has 1 heterocycles. The molecule has 1 saturated heterocycles. The van der Waals surface area contributed by atoms with Crippen LogP contribution in [0.2, 0.25) is 5.02 Å². The minimum atomic E-state index is -0.196. The standard InChI is InChI=1S/C23H27ClN4O2S/c1-16(2)22(30)28-13-11-27(12-14-28)20-6-4-3-5-19(20)25-23(31)26-21(29)15-17-7-9-18(24)10-8-17/h3-10,16H,11-15H2,1-2H3,(H2,25,26,29,31). The maximum atomic E-state index is 12.3. The predicted molar refractivity (Wildman–Crippen MR) is 130 cm³/mol. The van der Waals surface area contributed by atoms with E-state index in [4.69, 9.17) is 23.8 Å². The normalized spacial score (nSPS) is 13.8. The Labute approximate surface area is 193 Å². The van der Waals surface area contributed by atoms with Crippen molar-refractivity contribution in [3.8, 4) is 0 Å². The molecule has 8 heteroatoms. The van der Waals surface area contributed by atoms with E-state index in [1.54, 1.807) is 12.1 Å². The van der Waals surface area contributed by atoms with E-state index >= 15 is 0 Å². The number of hydrogen-bond acceptors (Lipinski definition) is 4. The molecule has 0 aliphatic carbocycles. The molecule has 1 aliphatic heterocycles. The quantitative estimate of drug-likeness (QED) is 0.669. The molecule has 0 radical (unpaired) electrons. The second kappa shape index (κ2) is 10.6.